The predicted molar refractivity (Wildman–Crippen MR) is 111 cm³/mol. The van der Waals surface area contributed by atoms with Crippen LogP contribution in [0.2, 0.25) is 0 Å². The van der Waals surface area contributed by atoms with Gasteiger partial charge in [-0.3, -0.25) is 4.90 Å². The van der Waals surface area contributed by atoms with Gasteiger partial charge in [0.05, 0.1) is 0 Å². The second kappa shape index (κ2) is 7.20. The van der Waals surface area contributed by atoms with Crippen molar-refractivity contribution in [1.29, 1.82) is 0 Å². The summed E-state index contributed by atoms with van der Waals surface area (Å²) in [5.74, 6) is 2.83. The Hall–Kier alpha value is -1.19. The molecule has 25 heavy (non-hydrogen) atoms. The average molecular weight is 355 g/mol. The zero-order chi connectivity index (χ0) is 17.4. The molecule has 3 atom stereocenters. The third kappa shape index (κ3) is 2.96. The lowest BCUT2D eigenvalue weighted by molar-refractivity contribution is 0.0926. The molecule has 4 rings (SSSR count). The molecule has 1 aliphatic carbocycles. The highest BCUT2D eigenvalue weighted by atomic mass is 32.2. The Morgan fingerprint density at radius 2 is 2.24 bits per heavy atom. The first-order valence-electron chi connectivity index (χ1n) is 9.71. The van der Waals surface area contributed by atoms with Crippen molar-refractivity contribution in [2.24, 2.45) is 5.92 Å². The summed E-state index contributed by atoms with van der Waals surface area (Å²) < 4.78 is 2.39. The number of piperidine rings is 1. The lowest BCUT2D eigenvalue weighted by Crippen LogP contribution is -2.50. The van der Waals surface area contributed by atoms with Gasteiger partial charge in [-0.15, -0.1) is 6.58 Å². The van der Waals surface area contributed by atoms with E-state index in [0.29, 0.717) is 12.0 Å². The number of nitrogens with zero attached hydrogens (tertiary/aromatic N) is 2. The molecule has 2 nitrogen and oxygen atoms in total. The number of benzene rings is 1. The van der Waals surface area contributed by atoms with Crippen molar-refractivity contribution in [1.82, 2.24) is 9.47 Å². The molecular formula is C22H30N2S. The monoisotopic (exact) mass is 354 g/mol. The van der Waals surface area contributed by atoms with Crippen LogP contribution in [0.1, 0.15) is 36.8 Å². The minimum atomic E-state index is 0.690. The number of fused-ring (bicyclic) bond motifs is 2. The van der Waals surface area contributed by atoms with Crippen molar-refractivity contribution in [2.45, 2.75) is 44.7 Å². The summed E-state index contributed by atoms with van der Waals surface area (Å²) >= 11 is 2.01. The van der Waals surface area contributed by atoms with Gasteiger partial charge in [-0.2, -0.15) is 11.8 Å². The molecule has 0 N–H and O–H groups in total. The van der Waals surface area contributed by atoms with Gasteiger partial charge in [0, 0.05) is 42.1 Å². The molecule has 0 radical (unpaired) electrons. The third-order valence-corrected chi connectivity index (χ3v) is 6.90. The Bertz CT molecular complexity index is 763. The third-order valence-electron chi connectivity index (χ3n) is 6.10. The fourth-order valence-electron chi connectivity index (χ4n) is 5.27. The number of rotatable bonds is 6. The summed E-state index contributed by atoms with van der Waals surface area (Å²) in [6.07, 6.45) is 10.5. The van der Waals surface area contributed by atoms with Gasteiger partial charge in [0.15, 0.2) is 0 Å². The number of aromatic nitrogens is 1. The van der Waals surface area contributed by atoms with E-state index in [4.69, 9.17) is 0 Å². The molecule has 1 fully saturated rings. The van der Waals surface area contributed by atoms with Crippen LogP contribution < -0.4 is 0 Å². The summed E-state index contributed by atoms with van der Waals surface area (Å²) in [4.78, 5) is 2.81. The lowest BCUT2D eigenvalue weighted by Gasteiger charge is -2.47. The van der Waals surface area contributed by atoms with Crippen molar-refractivity contribution in [2.75, 3.05) is 25.1 Å². The zero-order valence-electron chi connectivity index (χ0n) is 15.6. The fraction of sp³-hybridized carbons (Fsp3) is 0.545. The minimum Gasteiger partial charge on any atom is -0.343 e. The summed E-state index contributed by atoms with van der Waals surface area (Å²) in [6, 6.07) is 7.66. The van der Waals surface area contributed by atoms with Gasteiger partial charge >= 0.3 is 0 Å². The van der Waals surface area contributed by atoms with Crippen LogP contribution in [0.25, 0.3) is 10.9 Å². The van der Waals surface area contributed by atoms with Crippen LogP contribution in [-0.4, -0.2) is 40.6 Å². The van der Waals surface area contributed by atoms with Crippen molar-refractivity contribution < 1.29 is 0 Å². The van der Waals surface area contributed by atoms with Crippen LogP contribution in [0.3, 0.4) is 0 Å². The fourth-order valence-corrected chi connectivity index (χ4v) is 5.98. The van der Waals surface area contributed by atoms with Crippen LogP contribution >= 0.6 is 11.8 Å². The molecule has 1 aromatic heterocycles. The summed E-state index contributed by atoms with van der Waals surface area (Å²) in [7, 11) is 0. The Labute approximate surface area is 156 Å². The molecule has 3 heteroatoms. The Kier molecular flexibility index (Phi) is 4.97. The SMILES string of the molecule is C=CCn1cc2c3c(cccc31)[C@H]1C[C@@H](CSC)CN(CCC)[C@@H]1C2. The van der Waals surface area contributed by atoms with Crippen molar-refractivity contribution in [3.8, 4) is 0 Å². The molecule has 2 aromatic rings. The average Bonchev–Trinajstić information content (AvgIpc) is 2.96. The molecule has 0 bridgehead atoms. The van der Waals surface area contributed by atoms with Crippen LogP contribution in [0.4, 0.5) is 0 Å². The van der Waals surface area contributed by atoms with E-state index in [1.54, 1.807) is 16.5 Å². The first kappa shape index (κ1) is 17.2. The van der Waals surface area contributed by atoms with E-state index in [9.17, 15) is 0 Å². The Morgan fingerprint density at radius 1 is 1.36 bits per heavy atom. The highest BCUT2D eigenvalue weighted by Crippen LogP contribution is 2.45. The van der Waals surface area contributed by atoms with E-state index < -0.39 is 0 Å². The predicted octanol–water partition coefficient (Wildman–Crippen LogP) is 4.93. The van der Waals surface area contributed by atoms with E-state index in [2.05, 4.69) is 53.6 Å². The van der Waals surface area contributed by atoms with Gasteiger partial charge in [-0.25, -0.2) is 0 Å². The van der Waals surface area contributed by atoms with Crippen LogP contribution in [0.15, 0.2) is 37.1 Å². The summed E-state index contributed by atoms with van der Waals surface area (Å²) in [5, 5.41) is 1.55. The first-order chi connectivity index (χ1) is 12.3. The maximum Gasteiger partial charge on any atom is 0.0489 e. The topological polar surface area (TPSA) is 8.17 Å². The van der Waals surface area contributed by atoms with Gasteiger partial charge in [0.2, 0.25) is 0 Å². The highest BCUT2D eigenvalue weighted by molar-refractivity contribution is 7.98. The Morgan fingerprint density at radius 3 is 3.00 bits per heavy atom. The standard InChI is InChI=1S/C22H30N2S/c1-4-9-23-13-16(15-25-3)11-19-18-7-6-8-20-22(18)17(12-21(19)23)14-24(20)10-5-2/h5-8,14,16,19,21H,2,4,9-13,15H2,1,3H3/t16-,19-,21-/m1/s1. The highest BCUT2D eigenvalue weighted by Gasteiger charge is 2.40. The molecular weight excluding hydrogens is 324 g/mol. The van der Waals surface area contributed by atoms with E-state index in [1.807, 2.05) is 17.8 Å². The molecule has 0 spiro atoms. The van der Waals surface area contributed by atoms with Crippen LogP contribution in [0.5, 0.6) is 0 Å². The van der Waals surface area contributed by atoms with E-state index in [-0.39, 0.29) is 0 Å². The van der Waals surface area contributed by atoms with Crippen molar-refractivity contribution >= 4 is 22.7 Å². The largest absolute Gasteiger partial charge is 0.343 e. The van der Waals surface area contributed by atoms with E-state index >= 15 is 0 Å². The maximum absolute atomic E-state index is 3.94. The molecule has 1 aromatic carbocycles. The number of thioether (sulfide) groups is 1. The second-order valence-electron chi connectivity index (χ2n) is 7.77. The van der Waals surface area contributed by atoms with Gasteiger partial charge in [0.1, 0.15) is 0 Å². The number of likely N-dealkylation sites (tertiary alicyclic amines) is 1. The number of hydrogen-bond donors (Lipinski definition) is 0. The van der Waals surface area contributed by atoms with Crippen LogP contribution in [-0.2, 0) is 13.0 Å². The van der Waals surface area contributed by atoms with Gasteiger partial charge in [0.25, 0.3) is 0 Å². The lowest BCUT2D eigenvalue weighted by atomic mass is 9.72. The smallest absolute Gasteiger partial charge is 0.0489 e. The van der Waals surface area contributed by atoms with Crippen molar-refractivity contribution in [3.05, 3.63) is 48.2 Å². The molecule has 0 amide bonds. The maximum atomic E-state index is 3.94. The summed E-state index contributed by atoms with van der Waals surface area (Å²) in [5.41, 5.74) is 4.57. The van der Waals surface area contributed by atoms with Gasteiger partial charge in [-0.05, 0) is 60.9 Å². The molecule has 2 aliphatic rings. The van der Waals surface area contributed by atoms with Gasteiger partial charge < -0.3 is 4.57 Å². The molecule has 0 unspecified atom stereocenters. The summed E-state index contributed by atoms with van der Waals surface area (Å²) in [6.45, 7) is 9.70. The second-order valence-corrected chi connectivity index (χ2v) is 8.68. The minimum absolute atomic E-state index is 0.690. The van der Waals surface area contributed by atoms with Crippen LogP contribution in [0, 0.1) is 5.92 Å². The van der Waals surface area contributed by atoms with E-state index in [0.717, 1.165) is 12.5 Å². The Balaban J connectivity index is 1.78. The molecule has 134 valence electrons. The zero-order valence-corrected chi connectivity index (χ0v) is 16.4. The van der Waals surface area contributed by atoms with Crippen molar-refractivity contribution in [3.63, 3.8) is 0 Å². The normalized spacial score (nSPS) is 25.9. The quantitative estimate of drug-likeness (QED) is 0.680. The number of allylic oxidation sites excluding steroid dienone is 1. The molecule has 1 saturated heterocycles. The first-order valence-corrected chi connectivity index (χ1v) is 11.1. The number of hydrogen-bond acceptors (Lipinski definition) is 2. The molecule has 0 saturated carbocycles. The molecule has 2 heterocycles. The van der Waals surface area contributed by atoms with Gasteiger partial charge in [-0.1, -0.05) is 25.1 Å². The van der Waals surface area contributed by atoms with E-state index in [1.165, 1.54) is 43.6 Å². The molecule has 1 aliphatic heterocycles.